The second kappa shape index (κ2) is 5.77. The minimum absolute atomic E-state index is 0.148. The average molecular weight is 230 g/mol. The van der Waals surface area contributed by atoms with Crippen LogP contribution in [0.1, 0.15) is 33.6 Å². The molecule has 0 aromatic heterocycles. The molecule has 1 heterocycles. The fourth-order valence-corrected chi connectivity index (χ4v) is 2.29. The number of nitrogens with one attached hydrogen (secondary N) is 1. The fourth-order valence-electron chi connectivity index (χ4n) is 1.37. The molecular weight excluding hydrogens is 208 g/mol. The summed E-state index contributed by atoms with van der Waals surface area (Å²) in [5.74, 6) is 7.51. The molecule has 0 aromatic carbocycles. The third-order valence-electron chi connectivity index (χ3n) is 2.19. The Balaban J connectivity index is 2.44. The molecule has 3 N–H and O–H groups in total. The molecule has 0 radical (unpaired) electrons. The van der Waals surface area contributed by atoms with Crippen molar-refractivity contribution in [2.45, 2.75) is 44.4 Å². The molecule has 1 rings (SSSR count). The third kappa shape index (κ3) is 4.91. The quantitative estimate of drug-likeness (QED) is 0.573. The van der Waals surface area contributed by atoms with Crippen LogP contribution in [0.25, 0.3) is 0 Å². The van der Waals surface area contributed by atoms with E-state index in [0.29, 0.717) is 0 Å². The average Bonchev–Trinajstić information content (AvgIpc) is 2.19. The van der Waals surface area contributed by atoms with Gasteiger partial charge in [-0.1, -0.05) is 20.8 Å². The molecule has 1 unspecified atom stereocenters. The van der Waals surface area contributed by atoms with Crippen LogP contribution in [0.2, 0.25) is 0 Å². The lowest BCUT2D eigenvalue weighted by atomic mass is 10.2. The number of rotatable bonds is 4. The van der Waals surface area contributed by atoms with E-state index >= 15 is 0 Å². The minimum Gasteiger partial charge on any atom is -0.497 e. The number of thioether (sulfide) groups is 1. The first-order valence-corrected chi connectivity index (χ1v) is 6.44. The van der Waals surface area contributed by atoms with Gasteiger partial charge in [-0.2, -0.15) is 11.8 Å². The van der Waals surface area contributed by atoms with Crippen LogP contribution in [0.15, 0.2) is 11.8 Å². The molecule has 0 aromatic rings. The predicted octanol–water partition coefficient (Wildman–Crippen LogP) is 2.04. The van der Waals surface area contributed by atoms with Crippen molar-refractivity contribution in [1.82, 2.24) is 5.43 Å². The highest BCUT2D eigenvalue weighted by Crippen LogP contribution is 2.26. The Hall–Kier alpha value is -0.190. The second-order valence-electron chi connectivity index (χ2n) is 4.74. The second-order valence-corrected chi connectivity index (χ2v) is 6.59. The summed E-state index contributed by atoms with van der Waals surface area (Å²) in [6.45, 7) is 7.45. The van der Waals surface area contributed by atoms with Crippen LogP contribution < -0.4 is 11.3 Å². The topological polar surface area (TPSA) is 47.3 Å². The monoisotopic (exact) mass is 230 g/mol. The zero-order chi connectivity index (χ0) is 11.3. The Labute approximate surface area is 96.8 Å². The van der Waals surface area contributed by atoms with Crippen LogP contribution in [-0.2, 0) is 4.74 Å². The van der Waals surface area contributed by atoms with Crippen LogP contribution in [-0.4, -0.2) is 23.1 Å². The molecular formula is C11H22N2OS. The summed E-state index contributed by atoms with van der Waals surface area (Å²) >= 11 is 1.90. The van der Waals surface area contributed by atoms with Gasteiger partial charge in [0.05, 0.1) is 12.6 Å². The van der Waals surface area contributed by atoms with Crippen molar-refractivity contribution in [2.75, 3.05) is 12.4 Å². The number of hydrazine groups is 1. The Kier molecular flexibility index (Phi) is 4.96. The number of ether oxygens (including phenoxy) is 1. The highest BCUT2D eigenvalue weighted by Gasteiger charge is 2.20. The maximum atomic E-state index is 5.60. The lowest BCUT2D eigenvalue weighted by Crippen LogP contribution is -2.40. The van der Waals surface area contributed by atoms with Crippen molar-refractivity contribution >= 4 is 11.8 Å². The summed E-state index contributed by atoms with van der Waals surface area (Å²) < 4.78 is 5.87. The van der Waals surface area contributed by atoms with Crippen molar-refractivity contribution in [1.29, 1.82) is 0 Å². The van der Waals surface area contributed by atoms with E-state index in [0.717, 1.165) is 31.0 Å². The number of allylic oxidation sites excluding steroid dienone is 1. The van der Waals surface area contributed by atoms with E-state index in [-0.39, 0.29) is 10.8 Å². The molecule has 88 valence electrons. The summed E-state index contributed by atoms with van der Waals surface area (Å²) in [6, 6.07) is 0.148. The molecule has 4 heteroatoms. The number of hydrogen-bond donors (Lipinski definition) is 2. The first kappa shape index (κ1) is 12.9. The molecule has 0 amide bonds. The Morgan fingerprint density at radius 1 is 1.60 bits per heavy atom. The molecule has 3 nitrogen and oxygen atoms in total. The number of nitrogens with two attached hydrogens (primary N) is 1. The molecule has 0 aliphatic carbocycles. The van der Waals surface area contributed by atoms with Crippen molar-refractivity contribution in [2.24, 2.45) is 5.84 Å². The van der Waals surface area contributed by atoms with E-state index in [9.17, 15) is 0 Å². The SMILES string of the molecule is CC(C)(C)SCC(NN)C1=CCCCO1. The minimum atomic E-state index is 0.148. The van der Waals surface area contributed by atoms with Gasteiger partial charge < -0.3 is 4.74 Å². The Morgan fingerprint density at radius 2 is 2.33 bits per heavy atom. The maximum absolute atomic E-state index is 5.60. The standard InChI is InChI=1S/C11H22N2OS/c1-11(2,3)15-8-9(13-12)10-6-4-5-7-14-10/h6,9,13H,4-5,7-8,12H2,1-3H3. The van der Waals surface area contributed by atoms with Gasteiger partial charge in [-0.3, -0.25) is 5.84 Å². The summed E-state index contributed by atoms with van der Waals surface area (Å²) in [5.41, 5.74) is 2.83. The van der Waals surface area contributed by atoms with Crippen LogP contribution in [0, 0.1) is 0 Å². The third-order valence-corrected chi connectivity index (χ3v) is 3.56. The molecule has 0 saturated heterocycles. The Bertz CT molecular complexity index is 223. The van der Waals surface area contributed by atoms with Crippen LogP contribution in [0.4, 0.5) is 0 Å². The van der Waals surface area contributed by atoms with Gasteiger partial charge in [0.2, 0.25) is 0 Å². The largest absolute Gasteiger partial charge is 0.497 e. The van der Waals surface area contributed by atoms with Gasteiger partial charge in [0.15, 0.2) is 0 Å². The molecule has 0 saturated carbocycles. The number of hydrogen-bond acceptors (Lipinski definition) is 4. The highest BCUT2D eigenvalue weighted by molar-refractivity contribution is 8.00. The van der Waals surface area contributed by atoms with E-state index in [4.69, 9.17) is 10.6 Å². The molecule has 1 atom stereocenters. The van der Waals surface area contributed by atoms with E-state index in [1.807, 2.05) is 11.8 Å². The van der Waals surface area contributed by atoms with Gasteiger partial charge in [0, 0.05) is 10.5 Å². The highest BCUT2D eigenvalue weighted by atomic mass is 32.2. The lowest BCUT2D eigenvalue weighted by molar-refractivity contribution is 0.172. The van der Waals surface area contributed by atoms with Gasteiger partial charge in [-0.15, -0.1) is 0 Å². The smallest absolute Gasteiger partial charge is 0.111 e. The molecule has 1 aliphatic heterocycles. The van der Waals surface area contributed by atoms with Gasteiger partial charge in [0.1, 0.15) is 5.76 Å². The van der Waals surface area contributed by atoms with Crippen LogP contribution in [0.5, 0.6) is 0 Å². The van der Waals surface area contributed by atoms with E-state index in [1.54, 1.807) is 0 Å². The first-order chi connectivity index (χ1) is 7.03. The van der Waals surface area contributed by atoms with Gasteiger partial charge in [-0.05, 0) is 18.9 Å². The van der Waals surface area contributed by atoms with Crippen LogP contribution >= 0.6 is 11.8 Å². The Morgan fingerprint density at radius 3 is 2.80 bits per heavy atom. The summed E-state index contributed by atoms with van der Waals surface area (Å²) in [6.07, 6.45) is 4.37. The summed E-state index contributed by atoms with van der Waals surface area (Å²) in [5, 5.41) is 0. The van der Waals surface area contributed by atoms with E-state index in [1.165, 1.54) is 0 Å². The molecule has 0 bridgehead atoms. The first-order valence-electron chi connectivity index (χ1n) is 5.46. The van der Waals surface area contributed by atoms with Crippen LogP contribution in [0.3, 0.4) is 0 Å². The van der Waals surface area contributed by atoms with Gasteiger partial charge >= 0.3 is 0 Å². The fraction of sp³-hybridized carbons (Fsp3) is 0.818. The van der Waals surface area contributed by atoms with Gasteiger partial charge in [-0.25, -0.2) is 5.43 Å². The van der Waals surface area contributed by atoms with Gasteiger partial charge in [0.25, 0.3) is 0 Å². The molecule has 1 aliphatic rings. The van der Waals surface area contributed by atoms with Crippen molar-refractivity contribution < 1.29 is 4.74 Å². The maximum Gasteiger partial charge on any atom is 0.111 e. The van der Waals surface area contributed by atoms with Crippen molar-refractivity contribution in [3.05, 3.63) is 11.8 Å². The van der Waals surface area contributed by atoms with Crippen molar-refractivity contribution in [3.8, 4) is 0 Å². The summed E-state index contributed by atoms with van der Waals surface area (Å²) in [7, 11) is 0. The zero-order valence-electron chi connectivity index (χ0n) is 9.88. The van der Waals surface area contributed by atoms with E-state index < -0.39 is 0 Å². The van der Waals surface area contributed by atoms with E-state index in [2.05, 4.69) is 32.3 Å². The predicted molar refractivity (Wildman–Crippen MR) is 66.6 cm³/mol. The van der Waals surface area contributed by atoms with Crippen molar-refractivity contribution in [3.63, 3.8) is 0 Å². The summed E-state index contributed by atoms with van der Waals surface area (Å²) in [4.78, 5) is 0. The zero-order valence-corrected chi connectivity index (χ0v) is 10.7. The molecule has 0 fully saturated rings. The molecule has 0 spiro atoms. The lowest BCUT2D eigenvalue weighted by Gasteiger charge is -2.26. The normalized spacial score (nSPS) is 19.3. The molecule has 15 heavy (non-hydrogen) atoms.